The van der Waals surface area contributed by atoms with Crippen LogP contribution in [0.1, 0.15) is 61.9 Å². The van der Waals surface area contributed by atoms with Gasteiger partial charge < -0.3 is 14.2 Å². The van der Waals surface area contributed by atoms with Crippen LogP contribution in [-0.2, 0) is 11.3 Å². The summed E-state index contributed by atoms with van der Waals surface area (Å²) >= 11 is 0. The lowest BCUT2D eigenvalue weighted by Crippen LogP contribution is -2.24. The van der Waals surface area contributed by atoms with E-state index < -0.39 is 0 Å². The fourth-order valence-corrected chi connectivity index (χ4v) is 5.14. The summed E-state index contributed by atoms with van der Waals surface area (Å²) in [5.74, 6) is 2.68. The molecule has 0 saturated carbocycles. The molecule has 0 N–H and O–H groups in total. The monoisotopic (exact) mass is 481 g/mol. The first kappa shape index (κ1) is 24.1. The number of nitrogens with zero attached hydrogens (tertiary/aromatic N) is 3. The molecular weight excluding hydrogens is 446 g/mol. The summed E-state index contributed by atoms with van der Waals surface area (Å²) in [4.78, 5) is 19.9. The van der Waals surface area contributed by atoms with Crippen LogP contribution in [0.15, 0.2) is 72.8 Å². The van der Waals surface area contributed by atoms with E-state index in [0.29, 0.717) is 25.5 Å². The van der Waals surface area contributed by atoms with Gasteiger partial charge in [0.25, 0.3) is 0 Å². The van der Waals surface area contributed by atoms with Crippen LogP contribution in [0.5, 0.6) is 5.75 Å². The second-order valence-corrected chi connectivity index (χ2v) is 9.90. The third-order valence-electron chi connectivity index (χ3n) is 7.37. The van der Waals surface area contributed by atoms with E-state index in [4.69, 9.17) is 9.72 Å². The van der Waals surface area contributed by atoms with Gasteiger partial charge in [0.05, 0.1) is 17.6 Å². The van der Waals surface area contributed by atoms with Gasteiger partial charge in [-0.05, 0) is 61.6 Å². The fourth-order valence-electron chi connectivity index (χ4n) is 5.14. The molecule has 1 fully saturated rings. The van der Waals surface area contributed by atoms with Crippen molar-refractivity contribution in [1.82, 2.24) is 9.55 Å². The molecule has 3 aromatic carbocycles. The minimum Gasteiger partial charge on any atom is -0.493 e. The molecule has 0 unspecified atom stereocenters. The van der Waals surface area contributed by atoms with Crippen molar-refractivity contribution >= 4 is 22.6 Å². The van der Waals surface area contributed by atoms with Crippen LogP contribution in [0.25, 0.3) is 11.0 Å². The quantitative estimate of drug-likeness (QED) is 0.246. The predicted molar refractivity (Wildman–Crippen MR) is 146 cm³/mol. The number of aryl methyl sites for hydroxylation is 2. The number of anilines is 1. The van der Waals surface area contributed by atoms with E-state index in [9.17, 15) is 4.79 Å². The Labute approximate surface area is 213 Å². The number of benzene rings is 3. The molecule has 2 heterocycles. The van der Waals surface area contributed by atoms with Gasteiger partial charge in [-0.3, -0.25) is 4.79 Å². The predicted octanol–water partition coefficient (Wildman–Crippen LogP) is 6.85. The Morgan fingerprint density at radius 1 is 1.03 bits per heavy atom. The number of carbonyl (C=O) groups excluding carboxylic acids is 1. The highest BCUT2D eigenvalue weighted by Gasteiger charge is 2.34. The Hall–Kier alpha value is -3.60. The summed E-state index contributed by atoms with van der Waals surface area (Å²) in [6.07, 6.45) is 2.44. The second kappa shape index (κ2) is 10.6. The third-order valence-corrected chi connectivity index (χ3v) is 7.37. The number of aromatic nitrogens is 2. The molecule has 36 heavy (non-hydrogen) atoms. The molecule has 4 aromatic rings. The fraction of sp³-hybridized carbons (Fsp3) is 0.355. The molecule has 1 aliphatic heterocycles. The van der Waals surface area contributed by atoms with Crippen molar-refractivity contribution in [3.8, 4) is 5.75 Å². The number of ether oxygens (including phenoxy) is 1. The Morgan fingerprint density at radius 2 is 1.78 bits per heavy atom. The average Bonchev–Trinajstić information content (AvgIpc) is 3.47. The molecule has 1 saturated heterocycles. The molecule has 5 heteroatoms. The maximum atomic E-state index is 13.0. The van der Waals surface area contributed by atoms with Crippen molar-refractivity contribution in [2.45, 2.75) is 58.4 Å². The summed E-state index contributed by atoms with van der Waals surface area (Å²) in [6, 6.07) is 24.8. The van der Waals surface area contributed by atoms with Crippen molar-refractivity contribution in [3.05, 3.63) is 89.7 Å². The number of rotatable bonds is 9. The minimum absolute atomic E-state index is 0.0678. The molecule has 5 nitrogen and oxygen atoms in total. The van der Waals surface area contributed by atoms with E-state index in [-0.39, 0.29) is 11.8 Å². The first-order valence-corrected chi connectivity index (χ1v) is 13.1. The van der Waals surface area contributed by atoms with Gasteiger partial charge in [0.2, 0.25) is 5.91 Å². The number of hydrogen-bond acceptors (Lipinski definition) is 3. The Morgan fingerprint density at radius 3 is 2.58 bits per heavy atom. The molecule has 186 valence electrons. The van der Waals surface area contributed by atoms with Gasteiger partial charge in [0.15, 0.2) is 0 Å². The molecule has 0 spiro atoms. The average molecular weight is 482 g/mol. The highest BCUT2D eigenvalue weighted by Crippen LogP contribution is 2.34. The van der Waals surface area contributed by atoms with Crippen LogP contribution in [0.4, 0.5) is 5.69 Å². The van der Waals surface area contributed by atoms with Crippen LogP contribution in [-0.4, -0.2) is 28.6 Å². The topological polar surface area (TPSA) is 47.4 Å². The Kier molecular flexibility index (Phi) is 7.08. The van der Waals surface area contributed by atoms with E-state index in [1.165, 1.54) is 11.1 Å². The first-order chi connectivity index (χ1) is 17.5. The van der Waals surface area contributed by atoms with Crippen molar-refractivity contribution in [3.63, 3.8) is 0 Å². The summed E-state index contributed by atoms with van der Waals surface area (Å²) in [5.41, 5.74) is 5.53. The van der Waals surface area contributed by atoms with E-state index in [1.54, 1.807) is 0 Å². The summed E-state index contributed by atoms with van der Waals surface area (Å²) in [5, 5.41) is 0. The number of imidazole rings is 1. The normalized spacial score (nSPS) is 16.6. The van der Waals surface area contributed by atoms with Gasteiger partial charge in [0, 0.05) is 31.1 Å². The van der Waals surface area contributed by atoms with Crippen molar-refractivity contribution in [2.24, 2.45) is 0 Å². The first-order valence-electron chi connectivity index (χ1n) is 13.1. The molecule has 0 aliphatic carbocycles. The van der Waals surface area contributed by atoms with Crippen molar-refractivity contribution in [1.29, 1.82) is 0 Å². The van der Waals surface area contributed by atoms with E-state index in [0.717, 1.165) is 47.7 Å². The lowest BCUT2D eigenvalue weighted by atomic mass is 9.98. The minimum atomic E-state index is 0.0678. The van der Waals surface area contributed by atoms with Gasteiger partial charge in [-0.1, -0.05) is 61.9 Å². The Bertz CT molecular complexity index is 1340. The maximum absolute atomic E-state index is 13.0. The lowest BCUT2D eigenvalue weighted by molar-refractivity contribution is -0.117. The zero-order valence-electron chi connectivity index (χ0n) is 21.5. The van der Waals surface area contributed by atoms with Crippen LogP contribution < -0.4 is 9.64 Å². The SMILES string of the molecule is CC[C@H](C)c1ccccc1OCCCn1c([C@H]2CC(=O)N(c3ccc(C)cc3)C2)nc2ccccc21. The zero-order valence-corrected chi connectivity index (χ0v) is 21.5. The number of amides is 1. The van der Waals surface area contributed by atoms with Gasteiger partial charge >= 0.3 is 0 Å². The van der Waals surface area contributed by atoms with Crippen LogP contribution >= 0.6 is 0 Å². The highest BCUT2D eigenvalue weighted by molar-refractivity contribution is 5.96. The molecule has 2 atom stereocenters. The molecule has 0 radical (unpaired) electrons. The summed E-state index contributed by atoms with van der Waals surface area (Å²) < 4.78 is 8.54. The number of hydrogen-bond donors (Lipinski definition) is 0. The number of carbonyl (C=O) groups is 1. The van der Waals surface area contributed by atoms with Gasteiger partial charge in [-0.2, -0.15) is 0 Å². The largest absolute Gasteiger partial charge is 0.493 e. The molecular formula is C31H35N3O2. The Balaban J connectivity index is 1.33. The number of para-hydroxylation sites is 3. The third kappa shape index (κ3) is 4.88. The standard InChI is InChI=1S/C31H35N3O2/c1-4-23(3)26-10-5-8-13-29(26)36-19-9-18-33-28-12-7-6-11-27(28)32-31(33)24-20-30(35)34(21-24)25-16-14-22(2)15-17-25/h5-8,10-17,23-24H,4,9,18-21H2,1-3H3/t23-,24-/m0/s1. The van der Waals surface area contributed by atoms with Crippen molar-refractivity contribution in [2.75, 3.05) is 18.1 Å². The number of fused-ring (bicyclic) bond motifs is 1. The van der Waals surface area contributed by atoms with Crippen LogP contribution in [0.3, 0.4) is 0 Å². The summed E-state index contributed by atoms with van der Waals surface area (Å²) in [6.45, 7) is 8.61. The van der Waals surface area contributed by atoms with Gasteiger partial charge in [0.1, 0.15) is 11.6 Å². The smallest absolute Gasteiger partial charge is 0.227 e. The van der Waals surface area contributed by atoms with Crippen LogP contribution in [0.2, 0.25) is 0 Å². The van der Waals surface area contributed by atoms with E-state index >= 15 is 0 Å². The van der Waals surface area contributed by atoms with Crippen molar-refractivity contribution < 1.29 is 9.53 Å². The molecule has 1 amide bonds. The highest BCUT2D eigenvalue weighted by atomic mass is 16.5. The maximum Gasteiger partial charge on any atom is 0.227 e. The molecule has 0 bridgehead atoms. The van der Waals surface area contributed by atoms with E-state index in [1.807, 2.05) is 29.2 Å². The molecule has 1 aliphatic rings. The lowest BCUT2D eigenvalue weighted by Gasteiger charge is -2.18. The second-order valence-electron chi connectivity index (χ2n) is 9.90. The molecule has 1 aromatic heterocycles. The van der Waals surface area contributed by atoms with E-state index in [2.05, 4.69) is 73.9 Å². The zero-order chi connectivity index (χ0) is 25.1. The molecule has 5 rings (SSSR count). The van der Waals surface area contributed by atoms with Gasteiger partial charge in [-0.15, -0.1) is 0 Å². The van der Waals surface area contributed by atoms with Gasteiger partial charge in [-0.25, -0.2) is 4.98 Å². The van der Waals surface area contributed by atoms with Crippen LogP contribution in [0, 0.1) is 6.92 Å². The summed E-state index contributed by atoms with van der Waals surface area (Å²) in [7, 11) is 0.